The molecule has 1 atom stereocenters. The summed E-state index contributed by atoms with van der Waals surface area (Å²) in [5, 5.41) is -0.0208. The van der Waals surface area contributed by atoms with Gasteiger partial charge < -0.3 is 4.74 Å². The highest BCUT2D eigenvalue weighted by Crippen LogP contribution is 2.27. The van der Waals surface area contributed by atoms with Gasteiger partial charge in [0.25, 0.3) is 0 Å². The van der Waals surface area contributed by atoms with Crippen LogP contribution in [-0.2, 0) is 6.42 Å². The highest BCUT2D eigenvalue weighted by molar-refractivity contribution is 6.20. The standard InChI is InChI=1S/C17H19ClO/c1-2-11-19-16-10-6-9-15(13-16)17(18)12-14-7-4-3-5-8-14/h3-10,13,17H,2,11-12H2,1H3. The van der Waals surface area contributed by atoms with Crippen molar-refractivity contribution < 1.29 is 4.74 Å². The lowest BCUT2D eigenvalue weighted by molar-refractivity contribution is 0.317. The Bertz CT molecular complexity index is 496. The smallest absolute Gasteiger partial charge is 0.119 e. The van der Waals surface area contributed by atoms with Gasteiger partial charge in [0.1, 0.15) is 5.75 Å². The van der Waals surface area contributed by atoms with Crippen molar-refractivity contribution in [3.63, 3.8) is 0 Å². The van der Waals surface area contributed by atoms with E-state index in [0.717, 1.165) is 30.8 Å². The summed E-state index contributed by atoms with van der Waals surface area (Å²) in [6.45, 7) is 2.85. The number of benzene rings is 2. The van der Waals surface area contributed by atoms with E-state index in [0.29, 0.717) is 0 Å². The second kappa shape index (κ2) is 7.20. The zero-order valence-electron chi connectivity index (χ0n) is 11.2. The highest BCUT2D eigenvalue weighted by Gasteiger charge is 2.09. The molecule has 0 amide bonds. The van der Waals surface area contributed by atoms with Gasteiger partial charge in [0, 0.05) is 0 Å². The zero-order valence-corrected chi connectivity index (χ0v) is 11.9. The summed E-state index contributed by atoms with van der Waals surface area (Å²) < 4.78 is 5.64. The summed E-state index contributed by atoms with van der Waals surface area (Å²) >= 11 is 6.49. The SMILES string of the molecule is CCCOc1cccc(C(Cl)Cc2ccccc2)c1. The van der Waals surface area contributed by atoms with Crippen LogP contribution in [0.3, 0.4) is 0 Å². The van der Waals surface area contributed by atoms with Gasteiger partial charge in [-0.15, -0.1) is 11.6 Å². The molecule has 19 heavy (non-hydrogen) atoms. The quantitative estimate of drug-likeness (QED) is 0.674. The number of ether oxygens (including phenoxy) is 1. The van der Waals surface area contributed by atoms with Gasteiger partial charge in [-0.3, -0.25) is 0 Å². The van der Waals surface area contributed by atoms with Crippen LogP contribution in [0.5, 0.6) is 5.75 Å². The number of hydrogen-bond donors (Lipinski definition) is 0. The van der Waals surface area contributed by atoms with Gasteiger partial charge in [-0.05, 0) is 36.1 Å². The Kier molecular flexibility index (Phi) is 5.29. The molecule has 1 nitrogen and oxygen atoms in total. The van der Waals surface area contributed by atoms with E-state index in [-0.39, 0.29) is 5.38 Å². The predicted molar refractivity (Wildman–Crippen MR) is 81.0 cm³/mol. The molecular formula is C17H19ClO. The molecule has 1 unspecified atom stereocenters. The third kappa shape index (κ3) is 4.29. The number of hydrogen-bond acceptors (Lipinski definition) is 1. The van der Waals surface area contributed by atoms with Gasteiger partial charge in [-0.2, -0.15) is 0 Å². The highest BCUT2D eigenvalue weighted by atomic mass is 35.5. The topological polar surface area (TPSA) is 9.23 Å². The number of halogens is 1. The van der Waals surface area contributed by atoms with Crippen LogP contribution in [0, 0.1) is 0 Å². The Morgan fingerprint density at radius 2 is 1.84 bits per heavy atom. The maximum Gasteiger partial charge on any atom is 0.119 e. The van der Waals surface area contributed by atoms with E-state index < -0.39 is 0 Å². The van der Waals surface area contributed by atoms with E-state index in [1.54, 1.807) is 0 Å². The molecule has 0 aliphatic rings. The average Bonchev–Trinajstić information content (AvgIpc) is 2.46. The molecule has 0 N–H and O–H groups in total. The van der Waals surface area contributed by atoms with E-state index in [2.05, 4.69) is 25.1 Å². The van der Waals surface area contributed by atoms with E-state index in [1.807, 2.05) is 36.4 Å². The van der Waals surface area contributed by atoms with Crippen molar-refractivity contribution in [1.29, 1.82) is 0 Å². The van der Waals surface area contributed by atoms with Crippen LogP contribution in [0.1, 0.15) is 29.8 Å². The first-order valence-corrected chi connectivity index (χ1v) is 7.14. The Balaban J connectivity index is 2.04. The van der Waals surface area contributed by atoms with Gasteiger partial charge in [0.15, 0.2) is 0 Å². The van der Waals surface area contributed by atoms with E-state index in [1.165, 1.54) is 5.56 Å². The first-order chi connectivity index (χ1) is 9.29. The molecule has 2 aromatic rings. The molecule has 0 heterocycles. The molecule has 0 saturated heterocycles. The Morgan fingerprint density at radius 1 is 1.05 bits per heavy atom. The van der Waals surface area contributed by atoms with Crippen LogP contribution in [0.4, 0.5) is 0 Å². The average molecular weight is 275 g/mol. The summed E-state index contributed by atoms with van der Waals surface area (Å²) in [5.41, 5.74) is 2.36. The molecule has 0 radical (unpaired) electrons. The summed E-state index contributed by atoms with van der Waals surface area (Å²) in [6, 6.07) is 18.4. The third-order valence-electron chi connectivity index (χ3n) is 2.95. The van der Waals surface area contributed by atoms with Crippen molar-refractivity contribution in [2.45, 2.75) is 25.1 Å². The van der Waals surface area contributed by atoms with Crippen LogP contribution in [-0.4, -0.2) is 6.61 Å². The molecule has 2 aromatic carbocycles. The van der Waals surface area contributed by atoms with Crippen molar-refractivity contribution in [2.75, 3.05) is 6.61 Å². The monoisotopic (exact) mass is 274 g/mol. The van der Waals surface area contributed by atoms with Gasteiger partial charge in [0.05, 0.1) is 12.0 Å². The van der Waals surface area contributed by atoms with Crippen LogP contribution in [0.25, 0.3) is 0 Å². The number of rotatable bonds is 6. The summed E-state index contributed by atoms with van der Waals surface area (Å²) in [6.07, 6.45) is 1.85. The maximum absolute atomic E-state index is 6.49. The van der Waals surface area contributed by atoms with Gasteiger partial charge in [-0.1, -0.05) is 49.4 Å². The minimum atomic E-state index is -0.0208. The first-order valence-electron chi connectivity index (χ1n) is 6.70. The van der Waals surface area contributed by atoms with Crippen molar-refractivity contribution in [1.82, 2.24) is 0 Å². The Labute approximate surface area is 120 Å². The molecule has 0 spiro atoms. The lowest BCUT2D eigenvalue weighted by Gasteiger charge is -2.12. The van der Waals surface area contributed by atoms with E-state index in [9.17, 15) is 0 Å². The lowest BCUT2D eigenvalue weighted by Crippen LogP contribution is -1.98. The minimum absolute atomic E-state index is 0.0208. The molecule has 0 fully saturated rings. The Morgan fingerprint density at radius 3 is 2.58 bits per heavy atom. The molecule has 2 rings (SSSR count). The lowest BCUT2D eigenvalue weighted by atomic mass is 10.0. The molecule has 0 aliphatic carbocycles. The van der Waals surface area contributed by atoms with Crippen LogP contribution >= 0.6 is 11.6 Å². The van der Waals surface area contributed by atoms with Crippen molar-refractivity contribution >= 4 is 11.6 Å². The molecule has 0 saturated carbocycles. The molecule has 0 aromatic heterocycles. The fourth-order valence-electron chi connectivity index (χ4n) is 1.96. The molecule has 0 bridgehead atoms. The summed E-state index contributed by atoms with van der Waals surface area (Å²) in [7, 11) is 0. The van der Waals surface area contributed by atoms with Crippen LogP contribution < -0.4 is 4.74 Å². The maximum atomic E-state index is 6.49. The predicted octanol–water partition coefficient (Wildman–Crippen LogP) is 5.00. The van der Waals surface area contributed by atoms with Crippen molar-refractivity contribution in [3.8, 4) is 5.75 Å². The normalized spacial score (nSPS) is 12.1. The van der Waals surface area contributed by atoms with Gasteiger partial charge in [-0.25, -0.2) is 0 Å². The molecule has 100 valence electrons. The zero-order chi connectivity index (χ0) is 13.5. The molecule has 0 aliphatic heterocycles. The fourth-order valence-corrected chi connectivity index (χ4v) is 2.27. The van der Waals surface area contributed by atoms with Crippen LogP contribution in [0.2, 0.25) is 0 Å². The molecular weight excluding hydrogens is 256 g/mol. The van der Waals surface area contributed by atoms with E-state index >= 15 is 0 Å². The summed E-state index contributed by atoms with van der Waals surface area (Å²) in [4.78, 5) is 0. The van der Waals surface area contributed by atoms with Crippen molar-refractivity contribution in [3.05, 3.63) is 65.7 Å². The van der Waals surface area contributed by atoms with Gasteiger partial charge in [0.2, 0.25) is 0 Å². The fraction of sp³-hybridized carbons (Fsp3) is 0.294. The first kappa shape index (κ1) is 14.0. The minimum Gasteiger partial charge on any atom is -0.494 e. The van der Waals surface area contributed by atoms with Gasteiger partial charge >= 0.3 is 0 Å². The Hall–Kier alpha value is -1.47. The van der Waals surface area contributed by atoms with Crippen LogP contribution in [0.15, 0.2) is 54.6 Å². The van der Waals surface area contributed by atoms with Crippen molar-refractivity contribution in [2.24, 2.45) is 0 Å². The largest absolute Gasteiger partial charge is 0.494 e. The third-order valence-corrected chi connectivity index (χ3v) is 3.36. The number of alkyl halides is 1. The molecule has 2 heteroatoms. The second-order valence-corrected chi connectivity index (χ2v) is 5.11. The van der Waals surface area contributed by atoms with E-state index in [4.69, 9.17) is 16.3 Å². The summed E-state index contributed by atoms with van der Waals surface area (Å²) in [5.74, 6) is 0.901. The second-order valence-electron chi connectivity index (χ2n) is 4.58.